The van der Waals surface area contributed by atoms with Crippen molar-refractivity contribution in [3.63, 3.8) is 0 Å². The molecule has 0 amide bonds. The zero-order valence-corrected chi connectivity index (χ0v) is 11.8. The lowest BCUT2D eigenvalue weighted by Gasteiger charge is -2.16. The molecule has 0 heterocycles. The van der Waals surface area contributed by atoms with Crippen molar-refractivity contribution in [3.05, 3.63) is 34.6 Å². The molecular weight excluding hydrogens is 291 g/mol. The van der Waals surface area contributed by atoms with Crippen molar-refractivity contribution in [3.8, 4) is 0 Å². The SMILES string of the molecule is NCC(NS(=O)(=O)Cc1ccc(F)c(Cl)c1)C1CC1. The number of benzene rings is 1. The minimum Gasteiger partial charge on any atom is -0.329 e. The molecule has 3 N–H and O–H groups in total. The van der Waals surface area contributed by atoms with E-state index in [0.717, 1.165) is 18.9 Å². The molecule has 1 fully saturated rings. The van der Waals surface area contributed by atoms with E-state index in [9.17, 15) is 12.8 Å². The van der Waals surface area contributed by atoms with Crippen LogP contribution in [0.25, 0.3) is 0 Å². The van der Waals surface area contributed by atoms with Gasteiger partial charge in [0.1, 0.15) is 5.82 Å². The summed E-state index contributed by atoms with van der Waals surface area (Å²) < 4.78 is 39.6. The fourth-order valence-electron chi connectivity index (χ4n) is 1.96. The van der Waals surface area contributed by atoms with E-state index >= 15 is 0 Å². The molecule has 4 nitrogen and oxygen atoms in total. The molecule has 0 aliphatic heterocycles. The molecule has 1 saturated carbocycles. The van der Waals surface area contributed by atoms with Gasteiger partial charge < -0.3 is 5.73 Å². The molecular formula is C12H16ClFN2O2S. The molecule has 2 rings (SSSR count). The van der Waals surface area contributed by atoms with Crippen LogP contribution < -0.4 is 10.5 Å². The van der Waals surface area contributed by atoms with E-state index in [2.05, 4.69) is 4.72 Å². The Morgan fingerprint density at radius 2 is 2.16 bits per heavy atom. The Labute approximate surface area is 117 Å². The van der Waals surface area contributed by atoms with E-state index in [1.54, 1.807) is 0 Å². The molecule has 0 saturated heterocycles. The van der Waals surface area contributed by atoms with Gasteiger partial charge in [-0.05, 0) is 36.5 Å². The second-order valence-electron chi connectivity index (χ2n) is 4.81. The first-order valence-electron chi connectivity index (χ1n) is 6.05. The second kappa shape index (κ2) is 5.75. The lowest BCUT2D eigenvalue weighted by molar-refractivity contribution is 0.518. The van der Waals surface area contributed by atoms with Gasteiger partial charge in [0.2, 0.25) is 10.0 Å². The third kappa shape index (κ3) is 4.14. The molecule has 0 aromatic heterocycles. The number of sulfonamides is 1. The highest BCUT2D eigenvalue weighted by atomic mass is 35.5. The largest absolute Gasteiger partial charge is 0.329 e. The molecule has 0 spiro atoms. The maximum atomic E-state index is 13.0. The van der Waals surface area contributed by atoms with Gasteiger partial charge in [-0.1, -0.05) is 17.7 Å². The van der Waals surface area contributed by atoms with E-state index in [1.165, 1.54) is 12.1 Å². The van der Waals surface area contributed by atoms with Crippen LogP contribution in [-0.2, 0) is 15.8 Å². The summed E-state index contributed by atoms with van der Waals surface area (Å²) in [4.78, 5) is 0. The molecule has 1 aromatic rings. The topological polar surface area (TPSA) is 72.2 Å². The second-order valence-corrected chi connectivity index (χ2v) is 6.97. The van der Waals surface area contributed by atoms with Crippen molar-refractivity contribution in [2.45, 2.75) is 24.6 Å². The Balaban J connectivity index is 2.05. The fraction of sp³-hybridized carbons (Fsp3) is 0.500. The Bertz CT molecular complexity index is 561. The zero-order chi connectivity index (χ0) is 14.0. The lowest BCUT2D eigenvalue weighted by atomic mass is 10.2. The highest BCUT2D eigenvalue weighted by Crippen LogP contribution is 2.32. The lowest BCUT2D eigenvalue weighted by Crippen LogP contribution is -2.42. The predicted molar refractivity (Wildman–Crippen MR) is 72.7 cm³/mol. The molecule has 7 heteroatoms. The third-order valence-electron chi connectivity index (χ3n) is 3.12. The minimum atomic E-state index is -3.49. The van der Waals surface area contributed by atoms with Crippen LogP contribution in [0.4, 0.5) is 4.39 Å². The van der Waals surface area contributed by atoms with Crippen molar-refractivity contribution in [2.75, 3.05) is 6.54 Å². The van der Waals surface area contributed by atoms with Crippen molar-refractivity contribution < 1.29 is 12.8 Å². The number of nitrogens with one attached hydrogen (secondary N) is 1. The molecule has 0 bridgehead atoms. The van der Waals surface area contributed by atoms with Crippen LogP contribution in [0.15, 0.2) is 18.2 Å². The predicted octanol–water partition coefficient (Wildman–Crippen LogP) is 1.64. The molecule has 0 radical (unpaired) electrons. The number of hydrogen-bond donors (Lipinski definition) is 2. The summed E-state index contributed by atoms with van der Waals surface area (Å²) in [5, 5.41) is -0.0785. The summed E-state index contributed by atoms with van der Waals surface area (Å²) in [6, 6.07) is 3.69. The molecule has 1 aliphatic rings. The summed E-state index contributed by atoms with van der Waals surface area (Å²) >= 11 is 5.63. The van der Waals surface area contributed by atoms with Crippen molar-refractivity contribution in [1.82, 2.24) is 4.72 Å². The first-order valence-corrected chi connectivity index (χ1v) is 8.08. The van der Waals surface area contributed by atoms with E-state index in [0.29, 0.717) is 11.5 Å². The molecule has 106 valence electrons. The smallest absolute Gasteiger partial charge is 0.216 e. The van der Waals surface area contributed by atoms with Crippen molar-refractivity contribution >= 4 is 21.6 Å². The molecule has 19 heavy (non-hydrogen) atoms. The van der Waals surface area contributed by atoms with E-state index in [-0.39, 0.29) is 23.4 Å². The van der Waals surface area contributed by atoms with Gasteiger partial charge in [-0.15, -0.1) is 0 Å². The maximum Gasteiger partial charge on any atom is 0.216 e. The van der Waals surface area contributed by atoms with Gasteiger partial charge in [0.25, 0.3) is 0 Å². The van der Waals surface area contributed by atoms with Gasteiger partial charge in [-0.2, -0.15) is 0 Å². The fourth-order valence-corrected chi connectivity index (χ4v) is 3.61. The summed E-state index contributed by atoms with van der Waals surface area (Å²) in [6.07, 6.45) is 2.01. The van der Waals surface area contributed by atoms with Gasteiger partial charge >= 0.3 is 0 Å². The van der Waals surface area contributed by atoms with Crippen LogP contribution in [0.1, 0.15) is 18.4 Å². The van der Waals surface area contributed by atoms with Crippen LogP contribution in [-0.4, -0.2) is 21.0 Å². The molecule has 1 atom stereocenters. The molecule has 1 unspecified atom stereocenters. The first kappa shape index (κ1) is 14.7. The number of halogens is 2. The van der Waals surface area contributed by atoms with Crippen LogP contribution in [0, 0.1) is 11.7 Å². The Kier molecular flexibility index (Phi) is 4.45. The molecule has 1 aromatic carbocycles. The standard InChI is InChI=1S/C12H16ClFN2O2S/c13-10-5-8(1-4-11(10)14)7-19(17,18)16-12(6-15)9-2-3-9/h1,4-5,9,12,16H,2-3,6-7,15H2. The third-order valence-corrected chi connectivity index (χ3v) is 4.78. The summed E-state index contributed by atoms with van der Waals surface area (Å²) in [5.74, 6) is -0.443. The van der Waals surface area contributed by atoms with Gasteiger partial charge in [0.05, 0.1) is 10.8 Å². The minimum absolute atomic E-state index is 0.0785. The normalized spacial score (nSPS) is 17.4. The molecule has 1 aliphatic carbocycles. The summed E-state index contributed by atoms with van der Waals surface area (Å²) in [6.45, 7) is 0.286. The Morgan fingerprint density at radius 3 is 2.68 bits per heavy atom. The summed E-state index contributed by atoms with van der Waals surface area (Å²) in [5.41, 5.74) is 6.01. The van der Waals surface area contributed by atoms with Crippen LogP contribution in [0.5, 0.6) is 0 Å². The highest BCUT2D eigenvalue weighted by molar-refractivity contribution is 7.88. The number of hydrogen-bond acceptors (Lipinski definition) is 3. The van der Waals surface area contributed by atoms with E-state index < -0.39 is 15.8 Å². The van der Waals surface area contributed by atoms with E-state index in [1.807, 2.05) is 0 Å². The van der Waals surface area contributed by atoms with Crippen LogP contribution in [0.2, 0.25) is 5.02 Å². The van der Waals surface area contributed by atoms with Crippen molar-refractivity contribution in [1.29, 1.82) is 0 Å². The average Bonchev–Trinajstić information content (AvgIpc) is 3.15. The van der Waals surface area contributed by atoms with Gasteiger partial charge in [-0.3, -0.25) is 0 Å². The number of nitrogens with two attached hydrogens (primary N) is 1. The maximum absolute atomic E-state index is 13.0. The zero-order valence-electron chi connectivity index (χ0n) is 10.3. The van der Waals surface area contributed by atoms with Gasteiger partial charge in [0, 0.05) is 12.6 Å². The Morgan fingerprint density at radius 1 is 1.47 bits per heavy atom. The van der Waals surface area contributed by atoms with Crippen LogP contribution in [0.3, 0.4) is 0 Å². The number of rotatable bonds is 6. The van der Waals surface area contributed by atoms with E-state index in [4.69, 9.17) is 17.3 Å². The summed E-state index contributed by atoms with van der Waals surface area (Å²) in [7, 11) is -3.49. The Hall–Kier alpha value is -0.690. The van der Waals surface area contributed by atoms with Crippen LogP contribution >= 0.6 is 11.6 Å². The highest BCUT2D eigenvalue weighted by Gasteiger charge is 2.32. The van der Waals surface area contributed by atoms with Crippen molar-refractivity contribution in [2.24, 2.45) is 11.7 Å². The average molecular weight is 307 g/mol. The van der Waals surface area contributed by atoms with Gasteiger partial charge in [0.15, 0.2) is 0 Å². The van der Waals surface area contributed by atoms with Gasteiger partial charge in [-0.25, -0.2) is 17.5 Å². The first-order chi connectivity index (χ1) is 8.91. The quantitative estimate of drug-likeness (QED) is 0.839. The monoisotopic (exact) mass is 306 g/mol.